The zero-order valence-corrected chi connectivity index (χ0v) is 12.9. The van der Waals surface area contributed by atoms with Gasteiger partial charge in [0.1, 0.15) is 5.82 Å². The Bertz CT molecular complexity index is 720. The molecular weight excluding hydrogens is 276 g/mol. The van der Waals surface area contributed by atoms with E-state index in [2.05, 4.69) is 27.5 Å². The fraction of sp³-hybridized carbons (Fsp3) is 0.562. The van der Waals surface area contributed by atoms with Gasteiger partial charge in [-0.25, -0.2) is 4.98 Å². The summed E-state index contributed by atoms with van der Waals surface area (Å²) in [7, 11) is 0. The Morgan fingerprint density at radius 3 is 2.91 bits per heavy atom. The molecule has 2 aromatic heterocycles. The van der Waals surface area contributed by atoms with Gasteiger partial charge in [-0.2, -0.15) is 9.97 Å². The van der Waals surface area contributed by atoms with Crippen molar-refractivity contribution in [3.63, 3.8) is 0 Å². The fourth-order valence-corrected chi connectivity index (χ4v) is 3.66. The van der Waals surface area contributed by atoms with Crippen LogP contribution in [0.3, 0.4) is 0 Å². The summed E-state index contributed by atoms with van der Waals surface area (Å²) in [6, 6.07) is 0.362. The van der Waals surface area contributed by atoms with E-state index in [9.17, 15) is 0 Å². The Morgan fingerprint density at radius 1 is 1.18 bits per heavy atom. The maximum atomic E-state index is 6.21. The highest BCUT2D eigenvalue weighted by atomic mass is 15.2. The summed E-state index contributed by atoms with van der Waals surface area (Å²) in [6.07, 6.45) is 5.62. The summed E-state index contributed by atoms with van der Waals surface area (Å²) in [5.41, 5.74) is 10.7. The fourth-order valence-electron chi connectivity index (χ4n) is 3.66. The number of anilines is 2. The lowest BCUT2D eigenvalue weighted by molar-refractivity contribution is 0.478. The smallest absolute Gasteiger partial charge is 0.226 e. The van der Waals surface area contributed by atoms with Gasteiger partial charge in [0.25, 0.3) is 0 Å². The average molecular weight is 298 g/mol. The topological polar surface area (TPSA) is 88.8 Å². The Kier molecular flexibility index (Phi) is 3.33. The van der Waals surface area contributed by atoms with Crippen molar-refractivity contribution >= 4 is 22.8 Å². The summed E-state index contributed by atoms with van der Waals surface area (Å²) in [5, 5.41) is 7.71. The molecule has 1 saturated heterocycles. The highest BCUT2D eigenvalue weighted by Crippen LogP contribution is 2.31. The van der Waals surface area contributed by atoms with E-state index in [1.54, 1.807) is 0 Å². The molecule has 6 nitrogen and oxygen atoms in total. The van der Waals surface area contributed by atoms with Crippen LogP contribution in [0.2, 0.25) is 0 Å². The molecule has 0 amide bonds. The molecule has 0 spiro atoms. The number of aryl methyl sites for hydroxylation is 2. The number of rotatable bonds is 2. The van der Waals surface area contributed by atoms with Crippen molar-refractivity contribution in [3.05, 3.63) is 16.8 Å². The highest BCUT2D eigenvalue weighted by molar-refractivity contribution is 5.90. The lowest BCUT2D eigenvalue weighted by atomic mass is 10.1. The number of piperidine rings is 1. The van der Waals surface area contributed by atoms with Crippen LogP contribution in [-0.4, -0.2) is 34.1 Å². The van der Waals surface area contributed by atoms with E-state index in [4.69, 9.17) is 10.7 Å². The van der Waals surface area contributed by atoms with Crippen LogP contribution < -0.4 is 16.4 Å². The molecule has 0 bridgehead atoms. The molecule has 2 aromatic rings. The summed E-state index contributed by atoms with van der Waals surface area (Å²) in [4.78, 5) is 13.8. The van der Waals surface area contributed by atoms with E-state index in [1.807, 2.05) is 0 Å². The van der Waals surface area contributed by atoms with Crippen molar-refractivity contribution in [2.75, 3.05) is 24.1 Å². The molecular formula is C16H22N6. The molecule has 0 saturated carbocycles. The van der Waals surface area contributed by atoms with Crippen molar-refractivity contribution < 1.29 is 0 Å². The van der Waals surface area contributed by atoms with Crippen molar-refractivity contribution in [2.45, 2.75) is 45.1 Å². The number of hydrogen-bond donors (Lipinski definition) is 3. The monoisotopic (exact) mass is 298 g/mol. The Balaban J connectivity index is 1.74. The molecule has 1 aliphatic heterocycles. The number of aromatic nitrogens is 3. The van der Waals surface area contributed by atoms with E-state index in [0.717, 1.165) is 43.4 Å². The first-order valence-electron chi connectivity index (χ1n) is 8.15. The number of hydrogen-bond acceptors (Lipinski definition) is 6. The van der Waals surface area contributed by atoms with Crippen molar-refractivity contribution in [2.24, 2.45) is 0 Å². The average Bonchev–Trinajstić information content (AvgIpc) is 2.96. The zero-order valence-electron chi connectivity index (χ0n) is 12.9. The van der Waals surface area contributed by atoms with Gasteiger partial charge in [0.05, 0.1) is 5.39 Å². The zero-order chi connectivity index (χ0) is 15.1. The molecule has 1 aliphatic carbocycles. The molecule has 1 atom stereocenters. The second-order valence-electron chi connectivity index (χ2n) is 6.33. The van der Waals surface area contributed by atoms with Crippen LogP contribution >= 0.6 is 0 Å². The minimum Gasteiger partial charge on any atom is -0.383 e. The number of fused-ring (bicyclic) bond motifs is 2. The molecule has 116 valence electrons. The molecule has 2 aliphatic rings. The quantitative estimate of drug-likeness (QED) is 0.780. The first kappa shape index (κ1) is 13.7. The van der Waals surface area contributed by atoms with Crippen LogP contribution in [0.5, 0.6) is 0 Å². The van der Waals surface area contributed by atoms with Crippen molar-refractivity contribution in [1.82, 2.24) is 20.3 Å². The van der Waals surface area contributed by atoms with Gasteiger partial charge in [0.15, 0.2) is 5.65 Å². The third kappa shape index (κ3) is 2.27. The predicted octanol–water partition coefficient (Wildman–Crippen LogP) is 1.57. The lowest BCUT2D eigenvalue weighted by Gasteiger charge is -2.24. The van der Waals surface area contributed by atoms with Gasteiger partial charge in [-0.05, 0) is 56.7 Å². The minimum absolute atomic E-state index is 0.362. The van der Waals surface area contributed by atoms with Gasteiger partial charge in [-0.3, -0.25) is 0 Å². The SMILES string of the molecule is Cc1c2c(nc3nc(N[C@@H]4CCCNC4)nc(N)c13)CCC2. The van der Waals surface area contributed by atoms with Gasteiger partial charge in [-0.1, -0.05) is 0 Å². The molecule has 0 radical (unpaired) electrons. The standard InChI is InChI=1S/C16H22N6/c1-9-11-5-2-6-12(11)20-15-13(9)14(17)21-16(22-15)19-10-4-3-7-18-8-10/h10,18H,2-8H2,1H3,(H3,17,19,20,21,22)/t10-/m1/s1. The first-order valence-corrected chi connectivity index (χ1v) is 8.15. The summed E-state index contributed by atoms with van der Waals surface area (Å²) >= 11 is 0. The van der Waals surface area contributed by atoms with Crippen LogP contribution in [0.4, 0.5) is 11.8 Å². The summed E-state index contributed by atoms with van der Waals surface area (Å²) in [6.45, 7) is 4.15. The van der Waals surface area contributed by atoms with Crippen molar-refractivity contribution in [1.29, 1.82) is 0 Å². The molecule has 0 unspecified atom stereocenters. The molecule has 1 fully saturated rings. The van der Waals surface area contributed by atoms with Gasteiger partial charge < -0.3 is 16.4 Å². The van der Waals surface area contributed by atoms with Crippen LogP contribution in [-0.2, 0) is 12.8 Å². The van der Waals surface area contributed by atoms with E-state index in [0.29, 0.717) is 17.8 Å². The molecule has 22 heavy (non-hydrogen) atoms. The van der Waals surface area contributed by atoms with E-state index >= 15 is 0 Å². The molecule has 6 heteroatoms. The Morgan fingerprint density at radius 2 is 2.09 bits per heavy atom. The second kappa shape index (κ2) is 5.35. The molecule has 3 heterocycles. The van der Waals surface area contributed by atoms with Gasteiger partial charge in [0, 0.05) is 18.3 Å². The highest BCUT2D eigenvalue weighted by Gasteiger charge is 2.21. The van der Waals surface area contributed by atoms with Crippen LogP contribution in [0, 0.1) is 6.92 Å². The van der Waals surface area contributed by atoms with Gasteiger partial charge >= 0.3 is 0 Å². The number of nitrogens with two attached hydrogens (primary N) is 1. The minimum atomic E-state index is 0.362. The third-order valence-electron chi connectivity index (χ3n) is 4.81. The van der Waals surface area contributed by atoms with E-state index in [-0.39, 0.29) is 0 Å². The third-order valence-corrected chi connectivity index (χ3v) is 4.81. The Labute approximate surface area is 129 Å². The van der Waals surface area contributed by atoms with E-state index in [1.165, 1.54) is 29.7 Å². The molecule has 0 aromatic carbocycles. The van der Waals surface area contributed by atoms with Crippen molar-refractivity contribution in [3.8, 4) is 0 Å². The van der Waals surface area contributed by atoms with Crippen LogP contribution in [0.15, 0.2) is 0 Å². The largest absolute Gasteiger partial charge is 0.383 e. The maximum Gasteiger partial charge on any atom is 0.226 e. The number of nitrogens with one attached hydrogen (secondary N) is 2. The summed E-state index contributed by atoms with van der Waals surface area (Å²) in [5.74, 6) is 1.14. The van der Waals surface area contributed by atoms with Gasteiger partial charge in [-0.15, -0.1) is 0 Å². The summed E-state index contributed by atoms with van der Waals surface area (Å²) < 4.78 is 0. The normalized spacial score (nSPS) is 21.0. The first-order chi connectivity index (χ1) is 10.7. The van der Waals surface area contributed by atoms with Gasteiger partial charge in [0.2, 0.25) is 5.95 Å². The molecule has 4 rings (SSSR count). The van der Waals surface area contributed by atoms with Crippen LogP contribution in [0.1, 0.15) is 36.1 Å². The lowest BCUT2D eigenvalue weighted by Crippen LogP contribution is -2.38. The number of nitrogens with zero attached hydrogens (tertiary/aromatic N) is 3. The number of pyridine rings is 1. The van der Waals surface area contributed by atoms with E-state index < -0.39 is 0 Å². The predicted molar refractivity (Wildman–Crippen MR) is 88.0 cm³/mol. The number of nitrogen functional groups attached to an aromatic ring is 1. The Hall–Kier alpha value is -1.95. The second-order valence-corrected chi connectivity index (χ2v) is 6.33. The van der Waals surface area contributed by atoms with Crippen LogP contribution in [0.25, 0.3) is 11.0 Å². The molecule has 4 N–H and O–H groups in total. The maximum absolute atomic E-state index is 6.21.